The number of aromatic nitrogens is 1. The molecule has 1 aliphatic rings. The number of benzene rings is 3. The standard InChI is InChI=1S/C24H20NO.C15H28O2.Ir/c1-14(2)10-16-11-18-8-9-25-23-20-13-17-6-4-5-7-19(17)15(3)24(20)26-21(12-16)22(18)23;1-7-12(8-2)13(16)11(5)14(17)15(6,9-3)10-4;/h4-9,11-12,14H,10H2,1-3H3;12,16H,7-10H2,1-6H3;/q-1;;/b;13-11-;. The van der Waals surface area contributed by atoms with Crippen LogP contribution in [0.2, 0.25) is 0 Å². The van der Waals surface area contributed by atoms with Crippen molar-refractivity contribution in [1.82, 2.24) is 4.98 Å². The number of hydrogen-bond acceptors (Lipinski definition) is 4. The van der Waals surface area contributed by atoms with E-state index in [9.17, 15) is 9.90 Å². The third-order valence-corrected chi connectivity index (χ3v) is 9.34. The van der Waals surface area contributed by atoms with Crippen LogP contribution in [0.4, 0.5) is 0 Å². The van der Waals surface area contributed by atoms with Crippen molar-refractivity contribution < 1.29 is 34.7 Å². The molecule has 0 bridgehead atoms. The molecule has 1 N–H and O–H groups in total. The molecular weight excluding hydrogens is 723 g/mol. The Balaban J connectivity index is 0.000000260. The molecule has 4 nitrogen and oxygen atoms in total. The van der Waals surface area contributed by atoms with Crippen LogP contribution < -0.4 is 4.74 Å². The Bertz CT molecular complexity index is 1660. The van der Waals surface area contributed by atoms with Crippen LogP contribution in [0.5, 0.6) is 11.5 Å². The van der Waals surface area contributed by atoms with Crippen LogP contribution in [0.1, 0.15) is 92.2 Å². The Kier molecular flexibility index (Phi) is 12.0. The number of rotatable bonds is 9. The maximum absolute atomic E-state index is 12.4. The van der Waals surface area contributed by atoms with Gasteiger partial charge in [0.2, 0.25) is 0 Å². The fourth-order valence-corrected chi connectivity index (χ4v) is 6.14. The van der Waals surface area contributed by atoms with Crippen molar-refractivity contribution in [2.45, 2.75) is 94.4 Å². The van der Waals surface area contributed by atoms with E-state index >= 15 is 0 Å². The number of hydrogen-bond donors (Lipinski definition) is 1. The number of ketones is 1. The summed E-state index contributed by atoms with van der Waals surface area (Å²) in [5.41, 5.74) is 4.63. The fraction of sp³-hybridized carbons (Fsp3) is 0.436. The van der Waals surface area contributed by atoms with Gasteiger partial charge in [-0.2, -0.15) is 0 Å². The zero-order valence-corrected chi connectivity index (χ0v) is 30.2. The first-order chi connectivity index (χ1) is 20.5. The van der Waals surface area contributed by atoms with Crippen LogP contribution in [0.15, 0.2) is 60.0 Å². The summed E-state index contributed by atoms with van der Waals surface area (Å²) in [4.78, 5) is 17.1. The second kappa shape index (κ2) is 14.8. The summed E-state index contributed by atoms with van der Waals surface area (Å²) < 4.78 is 6.44. The Labute approximate surface area is 277 Å². The van der Waals surface area contributed by atoms with Gasteiger partial charge in [0, 0.05) is 54.3 Å². The Morgan fingerprint density at radius 2 is 1.70 bits per heavy atom. The van der Waals surface area contributed by atoms with Crippen molar-refractivity contribution in [2.24, 2.45) is 17.3 Å². The van der Waals surface area contributed by atoms with E-state index in [0.717, 1.165) is 71.2 Å². The molecule has 0 saturated carbocycles. The summed E-state index contributed by atoms with van der Waals surface area (Å²) in [5, 5.41) is 14.7. The summed E-state index contributed by atoms with van der Waals surface area (Å²) in [5.74, 6) is 2.94. The first kappa shape index (κ1) is 35.5. The van der Waals surface area contributed by atoms with Gasteiger partial charge in [-0.1, -0.05) is 89.2 Å². The molecule has 0 fully saturated rings. The molecule has 5 rings (SSSR count). The quantitative estimate of drug-likeness (QED) is 0.0921. The first-order valence-electron chi connectivity index (χ1n) is 16.0. The summed E-state index contributed by atoms with van der Waals surface area (Å²) in [6.45, 7) is 18.5. The topological polar surface area (TPSA) is 59.4 Å². The van der Waals surface area contributed by atoms with E-state index in [1.807, 2.05) is 40.8 Å². The normalized spacial score (nSPS) is 12.7. The molecule has 0 saturated heterocycles. The number of carbonyl (C=O) groups is 1. The van der Waals surface area contributed by atoms with Crippen LogP contribution in [0.25, 0.3) is 32.8 Å². The van der Waals surface area contributed by atoms with Crippen molar-refractivity contribution in [3.8, 4) is 22.8 Å². The maximum atomic E-state index is 12.4. The maximum Gasteiger partial charge on any atom is 0.167 e. The van der Waals surface area contributed by atoms with Crippen LogP contribution in [-0.2, 0) is 31.3 Å². The van der Waals surface area contributed by atoms with Crippen molar-refractivity contribution in [2.75, 3.05) is 0 Å². The third-order valence-electron chi connectivity index (χ3n) is 9.34. The minimum absolute atomic E-state index is 0. The number of fused-ring (bicyclic) bond motifs is 3. The molecule has 4 aromatic rings. The van der Waals surface area contributed by atoms with E-state index < -0.39 is 0 Å². The molecule has 0 atom stereocenters. The summed E-state index contributed by atoms with van der Waals surface area (Å²) >= 11 is 0. The predicted molar refractivity (Wildman–Crippen MR) is 180 cm³/mol. The van der Waals surface area contributed by atoms with Gasteiger partial charge in [0.05, 0.1) is 5.75 Å². The van der Waals surface area contributed by atoms with Gasteiger partial charge in [0.25, 0.3) is 0 Å². The Morgan fingerprint density at radius 1 is 1.05 bits per heavy atom. The van der Waals surface area contributed by atoms with Gasteiger partial charge >= 0.3 is 0 Å². The van der Waals surface area contributed by atoms with Gasteiger partial charge in [-0.05, 0) is 75.0 Å². The van der Waals surface area contributed by atoms with Gasteiger partial charge in [-0.15, -0.1) is 17.5 Å². The molecule has 237 valence electrons. The molecule has 0 amide bonds. The molecule has 0 spiro atoms. The largest absolute Gasteiger partial charge is 0.512 e. The summed E-state index contributed by atoms with van der Waals surface area (Å²) in [7, 11) is 0. The zero-order valence-electron chi connectivity index (χ0n) is 27.9. The van der Waals surface area contributed by atoms with Crippen molar-refractivity contribution in [1.29, 1.82) is 0 Å². The van der Waals surface area contributed by atoms with Crippen LogP contribution in [-0.4, -0.2) is 15.9 Å². The Hall–Kier alpha value is -3.01. The van der Waals surface area contributed by atoms with E-state index in [-0.39, 0.29) is 37.2 Å². The van der Waals surface area contributed by atoms with Crippen LogP contribution in [0, 0.1) is 30.2 Å². The average Bonchev–Trinajstić information content (AvgIpc) is 3.01. The molecule has 1 radical (unpaired) electrons. The van der Waals surface area contributed by atoms with E-state index in [1.54, 1.807) is 6.92 Å². The number of ether oxygens (including phenoxy) is 1. The van der Waals surface area contributed by atoms with Gasteiger partial charge in [-0.3, -0.25) is 9.78 Å². The van der Waals surface area contributed by atoms with Crippen molar-refractivity contribution in [3.05, 3.63) is 77.2 Å². The molecule has 2 heterocycles. The number of pyridine rings is 1. The van der Waals surface area contributed by atoms with Gasteiger partial charge in [-0.25, -0.2) is 0 Å². The predicted octanol–water partition coefficient (Wildman–Crippen LogP) is 11.1. The van der Waals surface area contributed by atoms with Gasteiger partial charge in [0.1, 0.15) is 11.5 Å². The fourth-order valence-electron chi connectivity index (χ4n) is 6.14. The molecule has 1 aromatic heterocycles. The molecular formula is C39H48IrNO3-. The number of aliphatic hydroxyl groups excluding tert-OH is 1. The van der Waals surface area contributed by atoms with Crippen molar-refractivity contribution in [3.63, 3.8) is 0 Å². The number of allylic oxidation sites excluding steroid dienone is 2. The SMILES string of the molecule is CCC(CC)/C(O)=C(\C)C(=O)C(C)(CC)CC.Cc1c2c([c-]c3ccccc13)-c1nccc3cc(CC(C)C)cc(c13)O2.[Ir]. The second-order valence-electron chi connectivity index (χ2n) is 12.7. The third kappa shape index (κ3) is 6.95. The minimum Gasteiger partial charge on any atom is -0.512 e. The molecule has 5 heteroatoms. The number of nitrogens with zero attached hydrogens (tertiary/aromatic N) is 1. The van der Waals surface area contributed by atoms with Gasteiger partial charge in [0.15, 0.2) is 5.78 Å². The molecule has 1 aliphatic heterocycles. The summed E-state index contributed by atoms with van der Waals surface area (Å²) in [6.07, 6.45) is 6.32. The monoisotopic (exact) mass is 771 g/mol. The van der Waals surface area contributed by atoms with Crippen LogP contribution in [0.3, 0.4) is 0 Å². The summed E-state index contributed by atoms with van der Waals surface area (Å²) in [6, 6.07) is 18.4. The molecule has 0 unspecified atom stereocenters. The molecule has 0 aliphatic carbocycles. The zero-order chi connectivity index (χ0) is 31.5. The number of aliphatic hydroxyl groups is 1. The number of carbonyl (C=O) groups excluding carboxylic acids is 1. The number of aryl methyl sites for hydroxylation is 1. The minimum atomic E-state index is -0.329. The average molecular weight is 771 g/mol. The van der Waals surface area contributed by atoms with E-state index in [0.29, 0.717) is 17.3 Å². The van der Waals surface area contributed by atoms with E-state index in [1.165, 1.54) is 16.3 Å². The van der Waals surface area contributed by atoms with Crippen LogP contribution >= 0.6 is 0 Å². The van der Waals surface area contributed by atoms with Gasteiger partial charge < -0.3 is 9.84 Å². The first-order valence-corrected chi connectivity index (χ1v) is 16.0. The smallest absolute Gasteiger partial charge is 0.167 e. The molecule has 44 heavy (non-hydrogen) atoms. The molecule has 3 aromatic carbocycles. The Morgan fingerprint density at radius 3 is 2.32 bits per heavy atom. The number of Topliss-reactive ketones (excluding diaryl/α,β-unsaturated/α-hetero) is 1. The van der Waals surface area contributed by atoms with Crippen molar-refractivity contribution >= 4 is 27.3 Å². The van der Waals surface area contributed by atoms with E-state index in [4.69, 9.17) is 9.72 Å². The van der Waals surface area contributed by atoms with E-state index in [2.05, 4.69) is 69.3 Å². The second-order valence-corrected chi connectivity index (χ2v) is 12.7.